The Morgan fingerprint density at radius 1 is 1.02 bits per heavy atom. The first-order chi connectivity index (χ1) is 27.2. The molecule has 12 heteroatoms. The van der Waals surface area contributed by atoms with E-state index < -0.39 is 71.1 Å². The van der Waals surface area contributed by atoms with E-state index in [0.717, 1.165) is 11.1 Å². The molecule has 2 bridgehead atoms. The van der Waals surface area contributed by atoms with Gasteiger partial charge in [0.25, 0.3) is 0 Å². The number of halogens is 1. The topological polar surface area (TPSA) is 135 Å². The van der Waals surface area contributed by atoms with Gasteiger partial charge in [0.05, 0.1) is 43.2 Å². The number of rotatable bonds is 19. The number of fused-ring (bicyclic) bond motifs is 1. The van der Waals surface area contributed by atoms with Crippen LogP contribution in [0.4, 0.5) is 0 Å². The first kappa shape index (κ1) is 41.0. The van der Waals surface area contributed by atoms with Crippen molar-refractivity contribution in [3.8, 4) is 0 Å². The van der Waals surface area contributed by atoms with Gasteiger partial charge in [0.2, 0.25) is 17.7 Å². The predicted molar refractivity (Wildman–Crippen MR) is 214 cm³/mol. The van der Waals surface area contributed by atoms with Crippen molar-refractivity contribution in [2.45, 2.75) is 73.0 Å². The first-order valence-electron chi connectivity index (χ1n) is 19.0. The van der Waals surface area contributed by atoms with Crippen LogP contribution in [0, 0.1) is 11.8 Å². The van der Waals surface area contributed by atoms with Crippen LogP contribution in [0.25, 0.3) is 0 Å². The number of alkyl halides is 1. The second-order valence-electron chi connectivity index (χ2n) is 14.7. The van der Waals surface area contributed by atoms with E-state index in [1.807, 2.05) is 78.9 Å². The van der Waals surface area contributed by atoms with Crippen molar-refractivity contribution >= 4 is 39.6 Å². The number of esters is 1. The van der Waals surface area contributed by atoms with Crippen LogP contribution in [0.1, 0.15) is 42.1 Å². The molecule has 11 nitrogen and oxygen atoms in total. The summed E-state index contributed by atoms with van der Waals surface area (Å²) in [5, 5.41) is 13.9. The minimum Gasteiger partial charge on any atom is -0.455 e. The molecule has 1 spiro atoms. The molecule has 296 valence electrons. The molecule has 3 aliphatic heterocycles. The summed E-state index contributed by atoms with van der Waals surface area (Å²) in [6.07, 6.45) is 2.71. The van der Waals surface area contributed by atoms with E-state index in [1.165, 1.54) is 12.0 Å². The van der Waals surface area contributed by atoms with Gasteiger partial charge in [-0.15, -0.1) is 13.2 Å². The fraction of sp³-hybridized carbons (Fsp3) is 0.409. The van der Waals surface area contributed by atoms with Gasteiger partial charge in [-0.3, -0.25) is 19.2 Å². The number of allylic oxidation sites excluding steroid dienone is 1. The molecule has 0 saturated carbocycles. The molecule has 0 radical (unpaired) electrons. The normalized spacial score (nSPS) is 25.2. The van der Waals surface area contributed by atoms with Crippen molar-refractivity contribution in [3.63, 3.8) is 0 Å². The lowest BCUT2D eigenvalue weighted by atomic mass is 9.70. The van der Waals surface area contributed by atoms with Crippen molar-refractivity contribution in [1.29, 1.82) is 0 Å². The summed E-state index contributed by atoms with van der Waals surface area (Å²) in [5.74, 6) is -3.97. The highest BCUT2D eigenvalue weighted by atomic mass is 79.9. The van der Waals surface area contributed by atoms with Gasteiger partial charge < -0.3 is 34.4 Å². The highest BCUT2D eigenvalue weighted by Gasteiger charge is 2.77. The van der Waals surface area contributed by atoms with Crippen molar-refractivity contribution < 1.29 is 38.5 Å². The number of likely N-dealkylation sites (tertiary alicyclic amines) is 1. The third-order valence-electron chi connectivity index (χ3n) is 11.0. The Morgan fingerprint density at radius 3 is 2.27 bits per heavy atom. The average Bonchev–Trinajstić information content (AvgIpc) is 3.81. The zero-order valence-electron chi connectivity index (χ0n) is 31.6. The Balaban J connectivity index is 1.39. The zero-order chi connectivity index (χ0) is 39.8. The number of aliphatic hydroxyl groups is 1. The number of hydrogen-bond acceptors (Lipinski definition) is 8. The van der Waals surface area contributed by atoms with Crippen molar-refractivity contribution in [2.24, 2.45) is 11.8 Å². The average molecular weight is 829 g/mol. The van der Waals surface area contributed by atoms with Crippen LogP contribution in [0.2, 0.25) is 0 Å². The van der Waals surface area contributed by atoms with Gasteiger partial charge in [0.15, 0.2) is 0 Å². The van der Waals surface area contributed by atoms with Gasteiger partial charge in [-0.05, 0) is 36.0 Å². The van der Waals surface area contributed by atoms with Crippen LogP contribution >= 0.6 is 15.9 Å². The van der Waals surface area contributed by atoms with E-state index in [-0.39, 0.29) is 50.8 Å². The van der Waals surface area contributed by atoms with E-state index >= 15 is 9.59 Å². The summed E-state index contributed by atoms with van der Waals surface area (Å²) in [7, 11) is 1.50. The lowest BCUT2D eigenvalue weighted by Crippen LogP contribution is -2.59. The van der Waals surface area contributed by atoms with Gasteiger partial charge >= 0.3 is 5.97 Å². The summed E-state index contributed by atoms with van der Waals surface area (Å²) < 4.78 is 18.7. The fourth-order valence-corrected chi connectivity index (χ4v) is 9.58. The van der Waals surface area contributed by atoms with Gasteiger partial charge in [-0.1, -0.05) is 119 Å². The summed E-state index contributed by atoms with van der Waals surface area (Å²) in [6.45, 7) is 7.67. The number of ether oxygens (including phenoxy) is 3. The van der Waals surface area contributed by atoms with Crippen molar-refractivity contribution in [3.05, 3.63) is 133 Å². The smallest absolute Gasteiger partial charge is 0.313 e. The standard InChI is InChI=1S/C44H50BrN3O8/c1-4-6-22-35(50)46-34(28-54-3)38(31-20-14-9-15-21-31)55-43(53)36-37-41(51)48(32(27-49)24-29-16-10-7-11-17-29)40(44(37)25-33(45)39(36)56-44)42(52)47(23-5-2)26-30-18-12-8-13-19-30/h4-5,7-21,32-34,36-40,49H,1-2,6,22-28H2,3H3,(H,46,50)/t32-,33?,34-,36-,37+,38-,39-,40-,44+/m1/s1. The molecule has 3 aromatic carbocycles. The summed E-state index contributed by atoms with van der Waals surface area (Å²) in [5.41, 5.74) is 0.972. The van der Waals surface area contributed by atoms with E-state index in [0.29, 0.717) is 12.0 Å². The van der Waals surface area contributed by atoms with Crippen molar-refractivity contribution in [2.75, 3.05) is 26.9 Å². The van der Waals surface area contributed by atoms with Crippen LogP contribution in [-0.2, 0) is 46.4 Å². The Hall–Kier alpha value is -4.62. The molecule has 9 atom stereocenters. The summed E-state index contributed by atoms with van der Waals surface area (Å²) in [6, 6.07) is 25.3. The number of hydrogen-bond donors (Lipinski definition) is 2. The molecule has 1 unspecified atom stereocenters. The zero-order valence-corrected chi connectivity index (χ0v) is 33.2. The molecule has 0 aromatic heterocycles. The van der Waals surface area contributed by atoms with E-state index in [1.54, 1.807) is 29.2 Å². The van der Waals surface area contributed by atoms with E-state index in [2.05, 4.69) is 34.4 Å². The van der Waals surface area contributed by atoms with Crippen LogP contribution < -0.4 is 5.32 Å². The van der Waals surface area contributed by atoms with Crippen LogP contribution in [-0.4, -0.2) is 100 Å². The first-order valence-corrected chi connectivity index (χ1v) is 20.0. The molecule has 3 fully saturated rings. The number of benzene rings is 3. The van der Waals surface area contributed by atoms with Gasteiger partial charge in [-0.25, -0.2) is 0 Å². The molecular weight excluding hydrogens is 778 g/mol. The maximum Gasteiger partial charge on any atom is 0.313 e. The molecular formula is C44H50BrN3O8. The number of carbonyl (C=O) groups excluding carboxylic acids is 4. The van der Waals surface area contributed by atoms with E-state index in [9.17, 15) is 14.7 Å². The molecule has 3 aliphatic rings. The molecule has 3 heterocycles. The third kappa shape index (κ3) is 8.39. The highest BCUT2D eigenvalue weighted by molar-refractivity contribution is 9.09. The van der Waals surface area contributed by atoms with Gasteiger partial charge in [-0.2, -0.15) is 0 Å². The number of carbonyl (C=O) groups is 4. The molecule has 2 N–H and O–H groups in total. The number of amides is 3. The number of nitrogens with zero attached hydrogens (tertiary/aromatic N) is 2. The van der Waals surface area contributed by atoms with E-state index in [4.69, 9.17) is 14.2 Å². The molecule has 3 saturated heterocycles. The number of nitrogens with one attached hydrogen (secondary N) is 1. The lowest BCUT2D eigenvalue weighted by Gasteiger charge is -2.39. The third-order valence-corrected chi connectivity index (χ3v) is 11.9. The predicted octanol–water partition coefficient (Wildman–Crippen LogP) is 4.93. The molecule has 3 aromatic rings. The monoisotopic (exact) mass is 827 g/mol. The quantitative estimate of drug-likeness (QED) is 0.0988. The Kier molecular flexibility index (Phi) is 13.6. The second-order valence-corrected chi connectivity index (χ2v) is 15.8. The maximum atomic E-state index is 15.1. The highest BCUT2D eigenvalue weighted by Crippen LogP contribution is 2.61. The lowest BCUT2D eigenvalue weighted by molar-refractivity contribution is -0.163. The minimum atomic E-state index is -1.41. The fourth-order valence-electron chi connectivity index (χ4n) is 8.64. The van der Waals surface area contributed by atoms with Gasteiger partial charge in [0, 0.05) is 31.4 Å². The Bertz CT molecular complexity index is 1850. The minimum absolute atomic E-state index is 0.0349. The largest absolute Gasteiger partial charge is 0.455 e. The maximum absolute atomic E-state index is 15.1. The SMILES string of the molecule is C=CCCC(=O)N[C@H](COC)[C@H](OC(=O)[C@H]1[C@@H]2O[C@@]3(CC2Br)[C@@H]1C(=O)N([C@@H](CO)Cc1ccccc1)[C@@H]3C(=O)N(CC=C)Cc1ccccc1)c1ccccc1. The van der Waals surface area contributed by atoms with Crippen LogP contribution in [0.3, 0.4) is 0 Å². The Morgan fingerprint density at radius 2 is 1.66 bits per heavy atom. The second kappa shape index (κ2) is 18.5. The van der Waals surface area contributed by atoms with Crippen LogP contribution in [0.5, 0.6) is 0 Å². The number of aliphatic hydroxyl groups excluding tert-OH is 1. The molecule has 3 amide bonds. The number of methoxy groups -OCH3 is 1. The molecule has 56 heavy (non-hydrogen) atoms. The molecule has 6 rings (SSSR count). The van der Waals surface area contributed by atoms with Crippen molar-refractivity contribution in [1.82, 2.24) is 15.1 Å². The van der Waals surface area contributed by atoms with Crippen LogP contribution in [0.15, 0.2) is 116 Å². The molecule has 0 aliphatic carbocycles. The summed E-state index contributed by atoms with van der Waals surface area (Å²) >= 11 is 3.76. The Labute approximate surface area is 336 Å². The summed E-state index contributed by atoms with van der Waals surface area (Å²) in [4.78, 5) is 60.7. The van der Waals surface area contributed by atoms with Gasteiger partial charge in [0.1, 0.15) is 17.7 Å².